The van der Waals surface area contributed by atoms with Gasteiger partial charge >= 0.3 is 17.1 Å². The highest BCUT2D eigenvalue weighted by Crippen LogP contribution is 2.20. The zero-order valence-corrected chi connectivity index (χ0v) is 23.7. The largest absolute Gasteiger partial charge is 0.409 e. The van der Waals surface area contributed by atoms with Crippen molar-refractivity contribution in [3.63, 3.8) is 0 Å². The van der Waals surface area contributed by atoms with Crippen LogP contribution < -0.4 is 0 Å². The van der Waals surface area contributed by atoms with E-state index in [1.54, 1.807) is 0 Å². The molecule has 0 heterocycles. The van der Waals surface area contributed by atoms with Gasteiger partial charge in [-0.05, 0) is 25.4 Å². The minimum Gasteiger partial charge on any atom is -0.409 e. The average molecular weight is 471 g/mol. The third-order valence-electron chi connectivity index (χ3n) is 5.74. The molecule has 0 radical (unpaired) electrons. The zero-order valence-electron chi connectivity index (χ0n) is 21.7. The van der Waals surface area contributed by atoms with Crippen LogP contribution in [0.3, 0.4) is 0 Å². The molecule has 0 amide bonds. The predicted molar refractivity (Wildman–Crippen MR) is 142 cm³/mol. The fourth-order valence-corrected chi connectivity index (χ4v) is 9.37. The predicted octanol–water partition coefficient (Wildman–Crippen LogP) is 8.77. The van der Waals surface area contributed by atoms with Crippen molar-refractivity contribution in [2.45, 2.75) is 124 Å². The van der Waals surface area contributed by atoms with Gasteiger partial charge in [-0.1, -0.05) is 116 Å². The van der Waals surface area contributed by atoms with E-state index in [0.717, 1.165) is 13.0 Å². The van der Waals surface area contributed by atoms with Crippen molar-refractivity contribution >= 4 is 17.1 Å². The van der Waals surface area contributed by atoms with Gasteiger partial charge in [-0.25, -0.2) is 0 Å². The lowest BCUT2D eigenvalue weighted by Crippen LogP contribution is -2.50. The lowest BCUT2D eigenvalue weighted by Gasteiger charge is -2.33. The van der Waals surface area contributed by atoms with Crippen molar-refractivity contribution in [2.75, 3.05) is 13.2 Å². The summed E-state index contributed by atoms with van der Waals surface area (Å²) >= 11 is 0. The van der Waals surface area contributed by atoms with Crippen LogP contribution in [0.2, 0.25) is 13.1 Å². The maximum atomic E-state index is 6.39. The molecule has 184 valence electrons. The summed E-state index contributed by atoms with van der Waals surface area (Å²) in [5.41, 5.74) is 3.74. The number of rotatable bonds is 23. The van der Waals surface area contributed by atoms with Crippen molar-refractivity contribution < 1.29 is 13.0 Å². The molecule has 0 rings (SSSR count). The topological polar surface area (TPSA) is 27.7 Å². The Hall–Kier alpha value is -0.206. The first-order chi connectivity index (χ1) is 14.8. The molecule has 2 unspecified atom stereocenters. The molecular formula is C26H54O3Si2. The maximum absolute atomic E-state index is 6.39. The molecule has 0 aliphatic carbocycles. The molecule has 0 bridgehead atoms. The zero-order chi connectivity index (χ0) is 23.4. The van der Waals surface area contributed by atoms with Gasteiger partial charge in [0.25, 0.3) is 0 Å². The van der Waals surface area contributed by atoms with Crippen molar-refractivity contribution in [1.29, 1.82) is 0 Å². The second-order valence-electron chi connectivity index (χ2n) is 9.69. The number of hydrogen-bond acceptors (Lipinski definition) is 3. The first-order valence-corrected chi connectivity index (χ1v) is 17.8. The van der Waals surface area contributed by atoms with Crippen molar-refractivity contribution in [3.05, 3.63) is 24.6 Å². The average Bonchev–Trinajstić information content (AvgIpc) is 2.75. The van der Waals surface area contributed by atoms with Gasteiger partial charge in [0.05, 0.1) is 0 Å². The standard InChI is InChI=1S/C26H54O3Si2/c1-8-11-12-13-14-15-16-17-18-19-20-21-22-23-24-27-30(6,9-2)29-31(7,10-3)28-25-26(4)5/h9-10,26H,2-3,8,11-25H2,1,4-7H3. The summed E-state index contributed by atoms with van der Waals surface area (Å²) in [5, 5.41) is 0. The van der Waals surface area contributed by atoms with Gasteiger partial charge in [0.1, 0.15) is 0 Å². The van der Waals surface area contributed by atoms with Gasteiger partial charge < -0.3 is 13.0 Å². The van der Waals surface area contributed by atoms with E-state index >= 15 is 0 Å². The SMILES string of the molecule is C=C[Si](C)(OCCCCCCCCCCCCCCCC)O[Si](C)(C=C)OCC(C)C. The fourth-order valence-electron chi connectivity index (χ4n) is 3.57. The summed E-state index contributed by atoms with van der Waals surface area (Å²) in [6, 6.07) is 0. The maximum Gasteiger partial charge on any atom is 0.352 e. The molecule has 0 aromatic rings. The first kappa shape index (κ1) is 30.8. The van der Waals surface area contributed by atoms with Crippen LogP contribution in [0.4, 0.5) is 0 Å². The smallest absolute Gasteiger partial charge is 0.352 e. The van der Waals surface area contributed by atoms with Gasteiger partial charge in [0.2, 0.25) is 0 Å². The highest BCUT2D eigenvalue weighted by Gasteiger charge is 2.39. The fraction of sp³-hybridized carbons (Fsp3) is 0.846. The van der Waals surface area contributed by atoms with Crippen LogP contribution in [-0.2, 0) is 13.0 Å². The molecule has 0 saturated carbocycles. The van der Waals surface area contributed by atoms with Crippen LogP contribution in [-0.4, -0.2) is 30.3 Å². The van der Waals surface area contributed by atoms with Gasteiger partial charge in [-0.2, -0.15) is 0 Å². The Kier molecular flexibility index (Phi) is 19.2. The second kappa shape index (κ2) is 19.3. The molecule has 0 spiro atoms. The summed E-state index contributed by atoms with van der Waals surface area (Å²) in [6.07, 6.45) is 19.1. The molecule has 2 atom stereocenters. The molecule has 0 fully saturated rings. The molecule has 5 heteroatoms. The van der Waals surface area contributed by atoms with Crippen molar-refractivity contribution in [1.82, 2.24) is 0 Å². The highest BCUT2D eigenvalue weighted by molar-refractivity contribution is 6.84. The van der Waals surface area contributed by atoms with Crippen LogP contribution in [0.25, 0.3) is 0 Å². The molecule has 0 saturated heterocycles. The van der Waals surface area contributed by atoms with E-state index in [-0.39, 0.29) is 0 Å². The van der Waals surface area contributed by atoms with E-state index in [4.69, 9.17) is 13.0 Å². The molecule has 0 aromatic heterocycles. The Bertz CT molecular complexity index is 444. The summed E-state index contributed by atoms with van der Waals surface area (Å²) in [7, 11) is -4.85. The van der Waals surface area contributed by atoms with Crippen LogP contribution in [0.15, 0.2) is 24.6 Å². The van der Waals surface area contributed by atoms with Crippen LogP contribution in [0, 0.1) is 5.92 Å². The Morgan fingerprint density at radius 2 is 1.03 bits per heavy atom. The third kappa shape index (κ3) is 18.0. The van der Waals surface area contributed by atoms with Crippen LogP contribution >= 0.6 is 0 Å². The van der Waals surface area contributed by atoms with Crippen molar-refractivity contribution in [3.8, 4) is 0 Å². The minimum atomic E-state index is -2.43. The molecular weight excluding hydrogens is 416 g/mol. The van der Waals surface area contributed by atoms with Gasteiger partial charge in [-0.3, -0.25) is 0 Å². The summed E-state index contributed by atoms with van der Waals surface area (Å²) in [4.78, 5) is 0. The number of unbranched alkanes of at least 4 members (excludes halogenated alkanes) is 13. The Balaban J connectivity index is 3.78. The Morgan fingerprint density at radius 3 is 1.42 bits per heavy atom. The third-order valence-corrected chi connectivity index (χ3v) is 12.0. The lowest BCUT2D eigenvalue weighted by atomic mass is 10.0. The van der Waals surface area contributed by atoms with Gasteiger partial charge in [0, 0.05) is 13.2 Å². The van der Waals surface area contributed by atoms with Crippen LogP contribution in [0.1, 0.15) is 111 Å². The van der Waals surface area contributed by atoms with Gasteiger partial charge in [-0.15, -0.1) is 13.2 Å². The monoisotopic (exact) mass is 470 g/mol. The normalized spacial score (nSPS) is 15.5. The number of hydrogen-bond donors (Lipinski definition) is 0. The van der Waals surface area contributed by atoms with E-state index in [9.17, 15) is 0 Å². The van der Waals surface area contributed by atoms with E-state index < -0.39 is 17.1 Å². The summed E-state index contributed by atoms with van der Waals surface area (Å²) < 4.78 is 18.7. The molecule has 0 aromatic carbocycles. The van der Waals surface area contributed by atoms with Crippen LogP contribution in [0.5, 0.6) is 0 Å². The molecule has 3 nitrogen and oxygen atoms in total. The Labute approximate surface area is 197 Å². The minimum absolute atomic E-state index is 0.475. The highest BCUT2D eigenvalue weighted by atomic mass is 28.5. The molecule has 0 aliphatic rings. The van der Waals surface area contributed by atoms with E-state index in [1.165, 1.54) is 83.5 Å². The molecule has 0 N–H and O–H groups in total. The van der Waals surface area contributed by atoms with E-state index in [2.05, 4.69) is 40.5 Å². The van der Waals surface area contributed by atoms with E-state index in [1.807, 2.05) is 17.9 Å². The summed E-state index contributed by atoms with van der Waals surface area (Å²) in [6.45, 7) is 20.1. The lowest BCUT2D eigenvalue weighted by molar-refractivity contribution is 0.185. The first-order valence-electron chi connectivity index (χ1n) is 13.1. The van der Waals surface area contributed by atoms with E-state index in [0.29, 0.717) is 12.5 Å². The summed E-state index contributed by atoms with van der Waals surface area (Å²) in [5.74, 6) is 0.475. The molecule has 31 heavy (non-hydrogen) atoms. The van der Waals surface area contributed by atoms with Gasteiger partial charge in [0.15, 0.2) is 0 Å². The molecule has 0 aliphatic heterocycles. The van der Waals surface area contributed by atoms with Crippen molar-refractivity contribution in [2.24, 2.45) is 5.92 Å². The quantitative estimate of drug-likeness (QED) is 0.110. The second-order valence-corrected chi connectivity index (χ2v) is 16.0. The Morgan fingerprint density at radius 1 is 0.645 bits per heavy atom.